The Morgan fingerprint density at radius 1 is 0.925 bits per heavy atom. The Morgan fingerprint density at radius 2 is 1.62 bits per heavy atom. The van der Waals surface area contributed by atoms with E-state index in [2.05, 4.69) is 5.32 Å². The lowest BCUT2D eigenvalue weighted by molar-refractivity contribution is -0.140. The molecule has 2 amide bonds. The summed E-state index contributed by atoms with van der Waals surface area (Å²) >= 11 is 12.5. The van der Waals surface area contributed by atoms with Crippen molar-refractivity contribution in [2.45, 2.75) is 58.0 Å². The van der Waals surface area contributed by atoms with Crippen LogP contribution in [0.5, 0.6) is 0 Å². The molecule has 0 saturated heterocycles. The highest BCUT2D eigenvalue weighted by Gasteiger charge is 2.34. The molecule has 3 rings (SSSR count). The standard InChI is InChI=1S/C30H35Cl2N3O4S/c1-5-16-33-30(37)28(6-2)34(19-23-13-14-24(31)18-27(23)32)29(36)20-35(25-15-12-21(3)22(4)17-25)40(38,39)26-10-8-7-9-11-26/h7-15,17-18,28H,5-6,16,19-20H2,1-4H3,(H,33,37)/t28-/m0/s1. The van der Waals surface area contributed by atoms with Gasteiger partial charge in [-0.05, 0) is 79.8 Å². The van der Waals surface area contributed by atoms with E-state index in [0.29, 0.717) is 34.3 Å². The second kappa shape index (κ2) is 14.0. The molecule has 0 aliphatic carbocycles. The van der Waals surface area contributed by atoms with Gasteiger partial charge in [0.1, 0.15) is 12.6 Å². The van der Waals surface area contributed by atoms with E-state index in [0.717, 1.165) is 21.9 Å². The zero-order chi connectivity index (χ0) is 29.4. The van der Waals surface area contributed by atoms with Crippen LogP contribution in [-0.2, 0) is 26.2 Å². The Balaban J connectivity index is 2.08. The summed E-state index contributed by atoms with van der Waals surface area (Å²) in [7, 11) is -4.12. The van der Waals surface area contributed by atoms with E-state index in [1.54, 1.807) is 48.5 Å². The zero-order valence-corrected chi connectivity index (χ0v) is 25.5. The average Bonchev–Trinajstić information content (AvgIpc) is 2.93. The number of hydrogen-bond donors (Lipinski definition) is 1. The van der Waals surface area contributed by atoms with E-state index in [4.69, 9.17) is 23.2 Å². The van der Waals surface area contributed by atoms with E-state index in [-0.39, 0.29) is 17.3 Å². The highest BCUT2D eigenvalue weighted by atomic mass is 35.5. The third kappa shape index (κ3) is 7.56. The minimum absolute atomic E-state index is 0.000955. The number of carbonyl (C=O) groups is 2. The summed E-state index contributed by atoms with van der Waals surface area (Å²) in [6.07, 6.45) is 1.05. The molecule has 3 aromatic rings. The summed E-state index contributed by atoms with van der Waals surface area (Å²) < 4.78 is 28.9. The van der Waals surface area contributed by atoms with Crippen LogP contribution >= 0.6 is 23.2 Å². The summed E-state index contributed by atoms with van der Waals surface area (Å²) in [5.74, 6) is -0.853. The van der Waals surface area contributed by atoms with Gasteiger partial charge in [-0.25, -0.2) is 8.42 Å². The zero-order valence-electron chi connectivity index (χ0n) is 23.2. The molecule has 0 unspecified atom stereocenters. The van der Waals surface area contributed by atoms with Crippen LogP contribution in [-0.4, -0.2) is 44.3 Å². The van der Waals surface area contributed by atoms with Crippen LogP contribution in [0.1, 0.15) is 43.4 Å². The summed E-state index contributed by atoms with van der Waals surface area (Å²) in [6.45, 7) is 7.50. The van der Waals surface area contributed by atoms with Gasteiger partial charge in [-0.15, -0.1) is 0 Å². The van der Waals surface area contributed by atoms with Crippen molar-refractivity contribution in [3.8, 4) is 0 Å². The Bertz CT molecular complexity index is 1450. The molecule has 0 spiro atoms. The van der Waals surface area contributed by atoms with Crippen LogP contribution in [0.2, 0.25) is 10.0 Å². The number of amides is 2. The van der Waals surface area contributed by atoms with Gasteiger partial charge in [0.2, 0.25) is 11.8 Å². The lowest BCUT2D eigenvalue weighted by atomic mass is 10.1. The predicted octanol–water partition coefficient (Wildman–Crippen LogP) is 6.14. The van der Waals surface area contributed by atoms with Crippen molar-refractivity contribution in [2.75, 3.05) is 17.4 Å². The van der Waals surface area contributed by atoms with Gasteiger partial charge >= 0.3 is 0 Å². The molecule has 40 heavy (non-hydrogen) atoms. The van der Waals surface area contributed by atoms with Crippen molar-refractivity contribution in [3.05, 3.63) is 93.5 Å². The molecule has 214 valence electrons. The van der Waals surface area contributed by atoms with Gasteiger partial charge in [0.15, 0.2) is 0 Å². The monoisotopic (exact) mass is 603 g/mol. The highest BCUT2D eigenvalue weighted by Crippen LogP contribution is 2.28. The molecule has 0 radical (unpaired) electrons. The van der Waals surface area contributed by atoms with Crippen LogP contribution in [0.15, 0.2) is 71.6 Å². The molecule has 0 bridgehead atoms. The molecular weight excluding hydrogens is 569 g/mol. The first kappa shape index (κ1) is 31.5. The van der Waals surface area contributed by atoms with Gasteiger partial charge in [0.05, 0.1) is 10.6 Å². The number of benzene rings is 3. The van der Waals surface area contributed by atoms with Crippen LogP contribution in [0.25, 0.3) is 0 Å². The largest absolute Gasteiger partial charge is 0.354 e. The first-order valence-corrected chi connectivity index (χ1v) is 15.3. The lowest BCUT2D eigenvalue weighted by Crippen LogP contribution is -2.52. The first-order chi connectivity index (χ1) is 19.0. The number of aryl methyl sites for hydroxylation is 2. The SMILES string of the molecule is CCCNC(=O)[C@H](CC)N(Cc1ccc(Cl)cc1Cl)C(=O)CN(c1ccc(C)c(C)c1)S(=O)(=O)c1ccccc1. The van der Waals surface area contributed by atoms with Gasteiger partial charge in [-0.2, -0.15) is 0 Å². The fourth-order valence-electron chi connectivity index (χ4n) is 4.25. The number of anilines is 1. The number of rotatable bonds is 12. The summed E-state index contributed by atoms with van der Waals surface area (Å²) in [5, 5.41) is 3.65. The molecular formula is C30H35Cl2N3O4S. The van der Waals surface area contributed by atoms with Gasteiger partial charge in [-0.1, -0.05) is 67.4 Å². The van der Waals surface area contributed by atoms with Gasteiger partial charge in [-0.3, -0.25) is 13.9 Å². The van der Waals surface area contributed by atoms with E-state index in [1.807, 2.05) is 33.8 Å². The Kier molecular flexibility index (Phi) is 11.0. The minimum atomic E-state index is -4.12. The second-order valence-electron chi connectivity index (χ2n) is 9.57. The van der Waals surface area contributed by atoms with Gasteiger partial charge in [0.25, 0.3) is 10.0 Å². The van der Waals surface area contributed by atoms with Crippen molar-refractivity contribution in [3.63, 3.8) is 0 Å². The number of nitrogens with one attached hydrogen (secondary N) is 1. The van der Waals surface area contributed by atoms with Crippen molar-refractivity contribution in [2.24, 2.45) is 0 Å². The molecule has 0 aliphatic heterocycles. The summed E-state index contributed by atoms with van der Waals surface area (Å²) in [6, 6.07) is 17.3. The Morgan fingerprint density at radius 3 is 2.23 bits per heavy atom. The van der Waals surface area contributed by atoms with Crippen LogP contribution in [0.3, 0.4) is 0 Å². The number of hydrogen-bond acceptors (Lipinski definition) is 4. The smallest absolute Gasteiger partial charge is 0.264 e. The maximum absolute atomic E-state index is 14.1. The average molecular weight is 605 g/mol. The molecule has 10 heteroatoms. The fraction of sp³-hybridized carbons (Fsp3) is 0.333. The minimum Gasteiger partial charge on any atom is -0.354 e. The molecule has 0 aliphatic rings. The lowest BCUT2D eigenvalue weighted by Gasteiger charge is -2.33. The molecule has 7 nitrogen and oxygen atoms in total. The maximum atomic E-state index is 14.1. The Hall–Kier alpha value is -3.07. The maximum Gasteiger partial charge on any atom is 0.264 e. The number of sulfonamides is 1. The summed E-state index contributed by atoms with van der Waals surface area (Å²) in [4.78, 5) is 28.7. The van der Waals surface area contributed by atoms with Crippen LogP contribution < -0.4 is 9.62 Å². The van der Waals surface area contributed by atoms with Crippen LogP contribution in [0, 0.1) is 13.8 Å². The molecule has 0 fully saturated rings. The topological polar surface area (TPSA) is 86.8 Å². The Labute approximate surface area is 247 Å². The van der Waals surface area contributed by atoms with Crippen molar-refractivity contribution >= 4 is 50.7 Å². The number of halogens is 2. The van der Waals surface area contributed by atoms with Crippen molar-refractivity contribution in [1.29, 1.82) is 0 Å². The molecule has 0 saturated carbocycles. The normalized spacial score (nSPS) is 12.1. The first-order valence-electron chi connectivity index (χ1n) is 13.2. The van der Waals surface area contributed by atoms with E-state index < -0.39 is 28.5 Å². The van der Waals surface area contributed by atoms with Gasteiger partial charge < -0.3 is 10.2 Å². The van der Waals surface area contributed by atoms with E-state index in [9.17, 15) is 18.0 Å². The third-order valence-corrected chi connectivity index (χ3v) is 9.05. The van der Waals surface area contributed by atoms with Gasteiger partial charge in [0, 0.05) is 23.1 Å². The molecule has 0 heterocycles. The second-order valence-corrected chi connectivity index (χ2v) is 12.3. The molecule has 1 atom stereocenters. The number of carbonyl (C=O) groups excluding carboxylic acids is 2. The predicted molar refractivity (Wildman–Crippen MR) is 161 cm³/mol. The third-order valence-electron chi connectivity index (χ3n) is 6.68. The molecule has 0 aromatic heterocycles. The number of nitrogens with zero attached hydrogens (tertiary/aromatic N) is 2. The van der Waals surface area contributed by atoms with Crippen molar-refractivity contribution < 1.29 is 18.0 Å². The highest BCUT2D eigenvalue weighted by molar-refractivity contribution is 7.92. The summed E-state index contributed by atoms with van der Waals surface area (Å²) in [5.41, 5.74) is 2.82. The molecule has 3 aromatic carbocycles. The van der Waals surface area contributed by atoms with E-state index >= 15 is 0 Å². The van der Waals surface area contributed by atoms with Crippen LogP contribution in [0.4, 0.5) is 5.69 Å². The van der Waals surface area contributed by atoms with Crippen molar-refractivity contribution in [1.82, 2.24) is 10.2 Å². The quantitative estimate of drug-likeness (QED) is 0.269. The van der Waals surface area contributed by atoms with E-state index in [1.165, 1.54) is 17.0 Å². The molecule has 1 N–H and O–H groups in total. The fourth-order valence-corrected chi connectivity index (χ4v) is 6.14.